The summed E-state index contributed by atoms with van der Waals surface area (Å²) in [5.74, 6) is 0. The molecule has 0 unspecified atom stereocenters. The number of rotatable bonds is 3. The monoisotopic (exact) mass is 250 g/mol. The zero-order chi connectivity index (χ0) is 11.4. The molecule has 0 aliphatic carbocycles. The summed E-state index contributed by atoms with van der Waals surface area (Å²) < 4.78 is 0. The highest BCUT2D eigenvalue weighted by molar-refractivity contribution is 7.11. The Morgan fingerprint density at radius 2 is 2.25 bits per heavy atom. The number of halogens is 1. The molecular formula is C12H11ClN2S. The number of hydrogen-bond donors (Lipinski definition) is 1. The minimum atomic E-state index is 0.701. The van der Waals surface area contributed by atoms with Crippen LogP contribution in [-0.2, 0) is 0 Å². The van der Waals surface area contributed by atoms with E-state index in [0.717, 1.165) is 10.6 Å². The van der Waals surface area contributed by atoms with Crippen LogP contribution in [-0.4, -0.2) is 6.21 Å². The molecule has 16 heavy (non-hydrogen) atoms. The fourth-order valence-corrected chi connectivity index (χ4v) is 2.22. The number of hydrazone groups is 1. The first-order chi connectivity index (χ1) is 7.75. The van der Waals surface area contributed by atoms with Crippen molar-refractivity contribution in [1.29, 1.82) is 0 Å². The molecule has 82 valence electrons. The van der Waals surface area contributed by atoms with Gasteiger partial charge < -0.3 is 0 Å². The Hall–Kier alpha value is -1.32. The highest BCUT2D eigenvalue weighted by Crippen LogP contribution is 2.15. The minimum Gasteiger partial charge on any atom is -0.278 e. The lowest BCUT2D eigenvalue weighted by molar-refractivity contribution is 1.35. The Bertz CT molecular complexity index is 505. The number of anilines is 1. The van der Waals surface area contributed by atoms with Gasteiger partial charge in [0.05, 0.1) is 11.9 Å². The van der Waals surface area contributed by atoms with E-state index in [1.165, 1.54) is 5.56 Å². The van der Waals surface area contributed by atoms with Crippen molar-refractivity contribution < 1.29 is 0 Å². The van der Waals surface area contributed by atoms with Crippen LogP contribution >= 0.6 is 22.9 Å². The van der Waals surface area contributed by atoms with Crippen LogP contribution < -0.4 is 5.43 Å². The molecule has 2 nitrogen and oxygen atoms in total. The maximum absolute atomic E-state index is 5.86. The van der Waals surface area contributed by atoms with Crippen LogP contribution in [0.3, 0.4) is 0 Å². The Kier molecular flexibility index (Phi) is 3.59. The molecule has 0 aliphatic heterocycles. The van der Waals surface area contributed by atoms with Gasteiger partial charge in [-0.2, -0.15) is 5.10 Å². The van der Waals surface area contributed by atoms with Crippen molar-refractivity contribution in [2.75, 3.05) is 5.43 Å². The van der Waals surface area contributed by atoms with Crippen molar-refractivity contribution in [2.24, 2.45) is 5.10 Å². The Morgan fingerprint density at radius 3 is 2.94 bits per heavy atom. The van der Waals surface area contributed by atoms with Crippen LogP contribution in [0.15, 0.2) is 40.8 Å². The Labute approximate surface area is 104 Å². The molecule has 0 atom stereocenters. The molecule has 0 saturated carbocycles. The maximum atomic E-state index is 5.86. The van der Waals surface area contributed by atoms with Gasteiger partial charge in [0.2, 0.25) is 0 Å². The van der Waals surface area contributed by atoms with Crippen molar-refractivity contribution in [1.82, 2.24) is 0 Å². The Balaban J connectivity index is 2.02. The molecule has 1 heterocycles. The van der Waals surface area contributed by atoms with Gasteiger partial charge in [-0.05, 0) is 42.1 Å². The topological polar surface area (TPSA) is 24.4 Å². The number of benzene rings is 1. The van der Waals surface area contributed by atoms with Gasteiger partial charge in [0.1, 0.15) is 0 Å². The van der Waals surface area contributed by atoms with E-state index >= 15 is 0 Å². The second-order valence-electron chi connectivity index (χ2n) is 3.35. The molecule has 0 aliphatic rings. The highest BCUT2D eigenvalue weighted by Gasteiger charge is 1.95. The molecule has 0 bridgehead atoms. The van der Waals surface area contributed by atoms with E-state index in [1.54, 1.807) is 11.3 Å². The van der Waals surface area contributed by atoms with E-state index in [1.807, 2.05) is 30.5 Å². The molecule has 0 spiro atoms. The van der Waals surface area contributed by atoms with E-state index < -0.39 is 0 Å². The van der Waals surface area contributed by atoms with E-state index in [4.69, 9.17) is 11.6 Å². The van der Waals surface area contributed by atoms with Crippen LogP contribution in [0, 0.1) is 6.92 Å². The van der Waals surface area contributed by atoms with Crippen LogP contribution in [0.2, 0.25) is 5.02 Å². The van der Waals surface area contributed by atoms with Crippen molar-refractivity contribution in [3.05, 3.63) is 51.2 Å². The van der Waals surface area contributed by atoms with E-state index in [9.17, 15) is 0 Å². The average Bonchev–Trinajstić information content (AvgIpc) is 2.65. The second kappa shape index (κ2) is 5.14. The molecule has 0 fully saturated rings. The van der Waals surface area contributed by atoms with Gasteiger partial charge >= 0.3 is 0 Å². The summed E-state index contributed by atoms with van der Waals surface area (Å²) in [5, 5.41) is 6.92. The third kappa shape index (κ3) is 2.84. The molecule has 0 saturated heterocycles. The normalized spacial score (nSPS) is 10.9. The van der Waals surface area contributed by atoms with Crippen LogP contribution in [0.25, 0.3) is 0 Å². The quantitative estimate of drug-likeness (QED) is 0.642. The van der Waals surface area contributed by atoms with Gasteiger partial charge in [-0.15, -0.1) is 11.3 Å². The minimum absolute atomic E-state index is 0.701. The van der Waals surface area contributed by atoms with Gasteiger partial charge in [0.15, 0.2) is 0 Å². The lowest BCUT2D eigenvalue weighted by Crippen LogP contribution is -1.89. The van der Waals surface area contributed by atoms with Gasteiger partial charge in [0, 0.05) is 9.90 Å². The van der Waals surface area contributed by atoms with Gasteiger partial charge in [0.25, 0.3) is 0 Å². The summed E-state index contributed by atoms with van der Waals surface area (Å²) in [4.78, 5) is 1.16. The van der Waals surface area contributed by atoms with Gasteiger partial charge in [-0.1, -0.05) is 17.7 Å². The first kappa shape index (κ1) is 11.2. The SMILES string of the molecule is Cc1ccsc1C=NNc1cccc(Cl)c1. The number of aryl methyl sites for hydroxylation is 1. The molecular weight excluding hydrogens is 240 g/mol. The summed E-state index contributed by atoms with van der Waals surface area (Å²) in [6.45, 7) is 2.07. The molecule has 1 aromatic carbocycles. The summed E-state index contributed by atoms with van der Waals surface area (Å²) in [6, 6.07) is 9.55. The largest absolute Gasteiger partial charge is 0.278 e. The van der Waals surface area contributed by atoms with E-state index in [2.05, 4.69) is 28.9 Å². The van der Waals surface area contributed by atoms with Gasteiger partial charge in [-0.25, -0.2) is 0 Å². The number of nitrogens with one attached hydrogen (secondary N) is 1. The molecule has 1 N–H and O–H groups in total. The molecule has 4 heteroatoms. The predicted octanol–water partition coefficient (Wildman–Crippen LogP) is 4.16. The first-order valence-electron chi connectivity index (χ1n) is 4.84. The van der Waals surface area contributed by atoms with Crippen molar-refractivity contribution in [2.45, 2.75) is 6.92 Å². The number of nitrogens with zero attached hydrogens (tertiary/aromatic N) is 1. The molecule has 0 amide bonds. The zero-order valence-electron chi connectivity index (χ0n) is 8.77. The van der Waals surface area contributed by atoms with Crippen LogP contribution in [0.1, 0.15) is 10.4 Å². The summed E-state index contributed by atoms with van der Waals surface area (Å²) in [5.41, 5.74) is 5.07. The van der Waals surface area contributed by atoms with Crippen molar-refractivity contribution in [3.8, 4) is 0 Å². The first-order valence-corrected chi connectivity index (χ1v) is 6.10. The maximum Gasteiger partial charge on any atom is 0.0647 e. The summed E-state index contributed by atoms with van der Waals surface area (Å²) in [6.07, 6.45) is 1.82. The fraction of sp³-hybridized carbons (Fsp3) is 0.0833. The molecule has 2 aromatic rings. The fourth-order valence-electron chi connectivity index (χ4n) is 1.24. The molecule has 2 rings (SSSR count). The smallest absolute Gasteiger partial charge is 0.0647 e. The Morgan fingerprint density at radius 1 is 1.38 bits per heavy atom. The third-order valence-corrected chi connectivity index (χ3v) is 3.29. The van der Waals surface area contributed by atoms with Crippen molar-refractivity contribution in [3.63, 3.8) is 0 Å². The lowest BCUT2D eigenvalue weighted by atomic mass is 10.3. The highest BCUT2D eigenvalue weighted by atomic mass is 35.5. The molecule has 0 radical (unpaired) electrons. The van der Waals surface area contributed by atoms with E-state index in [-0.39, 0.29) is 0 Å². The van der Waals surface area contributed by atoms with Gasteiger partial charge in [-0.3, -0.25) is 5.43 Å². The van der Waals surface area contributed by atoms with E-state index in [0.29, 0.717) is 5.02 Å². The van der Waals surface area contributed by atoms with Crippen LogP contribution in [0.5, 0.6) is 0 Å². The van der Waals surface area contributed by atoms with Crippen molar-refractivity contribution >= 4 is 34.8 Å². The zero-order valence-corrected chi connectivity index (χ0v) is 10.3. The predicted molar refractivity (Wildman–Crippen MR) is 71.7 cm³/mol. The lowest BCUT2D eigenvalue weighted by Gasteiger charge is -1.99. The third-order valence-electron chi connectivity index (χ3n) is 2.10. The standard InChI is InChI=1S/C12H11ClN2S/c1-9-5-6-16-12(9)8-14-15-11-4-2-3-10(13)7-11/h2-8,15H,1H3. The molecule has 1 aromatic heterocycles. The summed E-state index contributed by atoms with van der Waals surface area (Å²) in [7, 11) is 0. The number of thiophene rings is 1. The second-order valence-corrected chi connectivity index (χ2v) is 4.73. The number of hydrogen-bond acceptors (Lipinski definition) is 3. The van der Waals surface area contributed by atoms with Crippen LogP contribution in [0.4, 0.5) is 5.69 Å². The average molecular weight is 251 g/mol. The summed E-state index contributed by atoms with van der Waals surface area (Å²) >= 11 is 7.53.